The molecule has 0 spiro atoms. The van der Waals surface area contributed by atoms with Gasteiger partial charge in [-0.15, -0.1) is 0 Å². The minimum atomic E-state index is 0.408. The number of nitrogens with zero attached hydrogens (tertiary/aromatic N) is 2. The minimum absolute atomic E-state index is 0.408. The van der Waals surface area contributed by atoms with Crippen molar-refractivity contribution in [3.63, 3.8) is 0 Å². The fourth-order valence-corrected chi connectivity index (χ4v) is 1.76. The van der Waals surface area contributed by atoms with Crippen LogP contribution in [0.15, 0.2) is 30.6 Å². The predicted molar refractivity (Wildman–Crippen MR) is 72.4 cm³/mol. The second kappa shape index (κ2) is 5.04. The van der Waals surface area contributed by atoms with Gasteiger partial charge in [0.05, 0.1) is 5.69 Å². The Balaban J connectivity index is 2.34. The van der Waals surface area contributed by atoms with E-state index in [1.165, 1.54) is 0 Å². The molecule has 1 aromatic carbocycles. The summed E-state index contributed by atoms with van der Waals surface area (Å²) in [7, 11) is 1.90. The van der Waals surface area contributed by atoms with Crippen molar-refractivity contribution in [2.24, 2.45) is 7.05 Å². The molecule has 4 nitrogen and oxygen atoms in total. The number of imidazole rings is 1. The Bertz CT molecular complexity index is 558. The van der Waals surface area contributed by atoms with E-state index >= 15 is 0 Å². The van der Waals surface area contributed by atoms with Crippen LogP contribution in [0.3, 0.4) is 0 Å². The molecular weight excluding hydrogens is 226 g/mol. The number of hydrogen-bond acceptors (Lipinski definition) is 3. The Morgan fingerprint density at radius 3 is 2.72 bits per heavy atom. The Labute approximate surface area is 107 Å². The summed E-state index contributed by atoms with van der Waals surface area (Å²) in [6.07, 6.45) is 4.44. The Morgan fingerprint density at radius 1 is 1.39 bits per heavy atom. The highest BCUT2D eigenvalue weighted by atomic mass is 16.1. The zero-order chi connectivity index (χ0) is 13.1. The molecule has 0 aliphatic rings. The summed E-state index contributed by atoms with van der Waals surface area (Å²) in [5.74, 6) is 1.13. The normalized spacial score (nSPS) is 10.7. The molecule has 0 fully saturated rings. The first-order chi connectivity index (χ1) is 8.61. The predicted octanol–water partition coefficient (Wildman–Crippen LogP) is 3.10. The SMILES string of the molecule is CC(C)c1ccc(Nc2nccn2C)c(C=O)c1. The van der Waals surface area contributed by atoms with E-state index in [2.05, 4.69) is 24.1 Å². The largest absolute Gasteiger partial charge is 0.325 e. The van der Waals surface area contributed by atoms with Crippen LogP contribution in [-0.2, 0) is 7.05 Å². The van der Waals surface area contributed by atoms with Crippen molar-refractivity contribution in [2.75, 3.05) is 5.32 Å². The molecule has 0 unspecified atom stereocenters. The first kappa shape index (κ1) is 12.4. The average molecular weight is 243 g/mol. The average Bonchev–Trinajstić information content (AvgIpc) is 2.75. The van der Waals surface area contributed by atoms with Crippen molar-refractivity contribution < 1.29 is 4.79 Å². The number of carbonyl (C=O) groups excluding carboxylic acids is 1. The maximum absolute atomic E-state index is 11.1. The van der Waals surface area contributed by atoms with E-state index in [0.29, 0.717) is 11.5 Å². The molecule has 0 amide bonds. The van der Waals surface area contributed by atoms with Crippen molar-refractivity contribution in [1.82, 2.24) is 9.55 Å². The van der Waals surface area contributed by atoms with Crippen molar-refractivity contribution in [3.05, 3.63) is 41.7 Å². The molecule has 0 saturated carbocycles. The topological polar surface area (TPSA) is 46.9 Å². The van der Waals surface area contributed by atoms with E-state index in [1.54, 1.807) is 6.20 Å². The van der Waals surface area contributed by atoms with Gasteiger partial charge in [0.2, 0.25) is 5.95 Å². The number of rotatable bonds is 4. The maximum atomic E-state index is 11.1. The zero-order valence-electron chi connectivity index (χ0n) is 10.8. The number of aldehydes is 1. The highest BCUT2D eigenvalue weighted by molar-refractivity contribution is 5.85. The lowest BCUT2D eigenvalue weighted by Gasteiger charge is -2.11. The number of carbonyl (C=O) groups is 1. The van der Waals surface area contributed by atoms with Crippen LogP contribution in [0.5, 0.6) is 0 Å². The first-order valence-corrected chi connectivity index (χ1v) is 5.95. The molecule has 2 rings (SSSR count). The van der Waals surface area contributed by atoms with Gasteiger partial charge in [0, 0.05) is 25.0 Å². The van der Waals surface area contributed by atoms with E-state index in [1.807, 2.05) is 36.0 Å². The van der Waals surface area contributed by atoms with Crippen LogP contribution < -0.4 is 5.32 Å². The highest BCUT2D eigenvalue weighted by Crippen LogP contribution is 2.23. The third-order valence-electron chi connectivity index (χ3n) is 2.94. The van der Waals surface area contributed by atoms with Crippen LogP contribution in [0.25, 0.3) is 0 Å². The number of nitrogens with one attached hydrogen (secondary N) is 1. The first-order valence-electron chi connectivity index (χ1n) is 5.95. The number of anilines is 2. The van der Waals surface area contributed by atoms with E-state index in [9.17, 15) is 4.79 Å². The standard InChI is InChI=1S/C14H17N3O/c1-10(2)11-4-5-13(12(8-11)9-18)16-14-15-6-7-17(14)3/h4-10H,1-3H3,(H,15,16). The van der Waals surface area contributed by atoms with Crippen molar-refractivity contribution in [2.45, 2.75) is 19.8 Å². The summed E-state index contributed by atoms with van der Waals surface area (Å²) in [5.41, 5.74) is 2.59. The van der Waals surface area contributed by atoms with Gasteiger partial charge in [0.25, 0.3) is 0 Å². The molecular formula is C14H17N3O. The number of benzene rings is 1. The fraction of sp³-hybridized carbons (Fsp3) is 0.286. The van der Waals surface area contributed by atoms with Crippen LogP contribution in [0.2, 0.25) is 0 Å². The van der Waals surface area contributed by atoms with Gasteiger partial charge in [-0.2, -0.15) is 0 Å². The fourth-order valence-electron chi connectivity index (χ4n) is 1.76. The van der Waals surface area contributed by atoms with Gasteiger partial charge in [-0.25, -0.2) is 4.98 Å². The van der Waals surface area contributed by atoms with Gasteiger partial charge in [-0.3, -0.25) is 4.79 Å². The van der Waals surface area contributed by atoms with Gasteiger partial charge < -0.3 is 9.88 Å². The summed E-state index contributed by atoms with van der Waals surface area (Å²) in [5, 5.41) is 3.16. The van der Waals surface area contributed by atoms with Crippen LogP contribution >= 0.6 is 0 Å². The van der Waals surface area contributed by atoms with Crippen molar-refractivity contribution >= 4 is 17.9 Å². The monoisotopic (exact) mass is 243 g/mol. The molecule has 1 heterocycles. The summed E-state index contributed by atoms with van der Waals surface area (Å²) < 4.78 is 1.87. The zero-order valence-corrected chi connectivity index (χ0v) is 10.8. The van der Waals surface area contributed by atoms with Crippen molar-refractivity contribution in [3.8, 4) is 0 Å². The van der Waals surface area contributed by atoms with E-state index in [4.69, 9.17) is 0 Å². The molecule has 94 valence electrons. The highest BCUT2D eigenvalue weighted by Gasteiger charge is 2.07. The summed E-state index contributed by atoms with van der Waals surface area (Å²) in [4.78, 5) is 15.3. The van der Waals surface area contributed by atoms with Crippen molar-refractivity contribution in [1.29, 1.82) is 0 Å². The van der Waals surface area contributed by atoms with Crippen LogP contribution in [0, 0.1) is 0 Å². The molecule has 0 atom stereocenters. The van der Waals surface area contributed by atoms with Gasteiger partial charge in [0.15, 0.2) is 6.29 Å². The molecule has 0 aliphatic carbocycles. The van der Waals surface area contributed by atoms with Gasteiger partial charge >= 0.3 is 0 Å². The van der Waals surface area contributed by atoms with Crippen LogP contribution in [0.4, 0.5) is 11.6 Å². The number of hydrogen-bond donors (Lipinski definition) is 1. The molecule has 0 aliphatic heterocycles. The molecule has 18 heavy (non-hydrogen) atoms. The lowest BCUT2D eigenvalue weighted by Crippen LogP contribution is -2.02. The Kier molecular flexibility index (Phi) is 3.46. The molecule has 0 bridgehead atoms. The van der Waals surface area contributed by atoms with Gasteiger partial charge in [0.1, 0.15) is 0 Å². The lowest BCUT2D eigenvalue weighted by atomic mass is 10.0. The molecule has 0 radical (unpaired) electrons. The third-order valence-corrected chi connectivity index (χ3v) is 2.94. The summed E-state index contributed by atoms with van der Waals surface area (Å²) in [6.45, 7) is 4.21. The summed E-state index contributed by atoms with van der Waals surface area (Å²) in [6, 6.07) is 5.87. The molecule has 0 saturated heterocycles. The second-order valence-electron chi connectivity index (χ2n) is 4.61. The van der Waals surface area contributed by atoms with Gasteiger partial charge in [-0.05, 0) is 23.6 Å². The molecule has 1 aromatic heterocycles. The maximum Gasteiger partial charge on any atom is 0.207 e. The smallest absolute Gasteiger partial charge is 0.207 e. The minimum Gasteiger partial charge on any atom is -0.325 e. The van der Waals surface area contributed by atoms with Crippen LogP contribution in [-0.4, -0.2) is 15.8 Å². The Morgan fingerprint density at radius 2 is 2.17 bits per heavy atom. The quantitative estimate of drug-likeness (QED) is 0.839. The molecule has 2 aromatic rings. The van der Waals surface area contributed by atoms with Gasteiger partial charge in [-0.1, -0.05) is 19.9 Å². The Hall–Kier alpha value is -2.10. The van der Waals surface area contributed by atoms with E-state index < -0.39 is 0 Å². The molecule has 1 N–H and O–H groups in total. The lowest BCUT2D eigenvalue weighted by molar-refractivity contribution is 0.112. The van der Waals surface area contributed by atoms with Crippen LogP contribution in [0.1, 0.15) is 35.7 Å². The van der Waals surface area contributed by atoms with E-state index in [-0.39, 0.29) is 0 Å². The second-order valence-corrected chi connectivity index (χ2v) is 4.61. The third kappa shape index (κ3) is 2.42. The van der Waals surface area contributed by atoms with E-state index in [0.717, 1.165) is 23.5 Å². The summed E-state index contributed by atoms with van der Waals surface area (Å²) >= 11 is 0. The number of aryl methyl sites for hydroxylation is 1. The molecule has 4 heteroatoms. The number of aromatic nitrogens is 2.